The lowest BCUT2D eigenvalue weighted by atomic mass is 10.1. The van der Waals surface area contributed by atoms with Crippen LogP contribution in [0.15, 0.2) is 48.5 Å². The molecule has 1 aliphatic heterocycles. The molecule has 4 rings (SSSR count). The number of halogens is 3. The lowest BCUT2D eigenvalue weighted by molar-refractivity contribution is 0.0900. The summed E-state index contributed by atoms with van der Waals surface area (Å²) in [6.07, 6.45) is -0.391. The Balaban J connectivity index is 1.59. The molecule has 0 saturated carbocycles. The second kappa shape index (κ2) is 6.88. The van der Waals surface area contributed by atoms with E-state index in [1.807, 2.05) is 0 Å². The van der Waals surface area contributed by atoms with Crippen LogP contribution in [0.4, 0.5) is 13.2 Å². The van der Waals surface area contributed by atoms with Crippen LogP contribution in [-0.4, -0.2) is 22.2 Å². The van der Waals surface area contributed by atoms with Gasteiger partial charge in [0.05, 0.1) is 12.2 Å². The van der Waals surface area contributed by atoms with Crippen molar-refractivity contribution in [3.8, 4) is 11.3 Å². The van der Waals surface area contributed by atoms with Gasteiger partial charge in [-0.1, -0.05) is 0 Å². The van der Waals surface area contributed by atoms with E-state index in [0.29, 0.717) is 22.5 Å². The Bertz CT molecular complexity index is 980. The van der Waals surface area contributed by atoms with E-state index in [1.54, 1.807) is 18.2 Å². The van der Waals surface area contributed by atoms with E-state index in [0.717, 1.165) is 6.07 Å². The van der Waals surface area contributed by atoms with Gasteiger partial charge in [-0.3, -0.25) is 10.1 Å². The van der Waals surface area contributed by atoms with Crippen LogP contribution < -0.4 is 10.6 Å². The Morgan fingerprint density at radius 2 is 1.74 bits per heavy atom. The molecule has 0 bridgehead atoms. The Morgan fingerprint density at radius 1 is 1.04 bits per heavy atom. The van der Waals surface area contributed by atoms with Crippen LogP contribution in [0.1, 0.15) is 22.2 Å². The van der Waals surface area contributed by atoms with E-state index in [4.69, 9.17) is 0 Å². The van der Waals surface area contributed by atoms with Crippen molar-refractivity contribution in [2.45, 2.75) is 12.7 Å². The molecule has 1 aliphatic rings. The fourth-order valence-electron chi connectivity index (χ4n) is 3.04. The molecule has 0 spiro atoms. The summed E-state index contributed by atoms with van der Waals surface area (Å²) in [6, 6.07) is 10.7. The van der Waals surface area contributed by atoms with Gasteiger partial charge < -0.3 is 5.32 Å². The van der Waals surface area contributed by atoms with Crippen molar-refractivity contribution in [2.24, 2.45) is 0 Å². The predicted octanol–water partition coefficient (Wildman–Crippen LogP) is 3.00. The summed E-state index contributed by atoms with van der Waals surface area (Å²) in [5.41, 5.74) is 2.00. The molecular formula is C19H15F3N4O. The first-order chi connectivity index (χ1) is 13.0. The Hall–Kier alpha value is -3.13. The number of amides is 1. The van der Waals surface area contributed by atoms with Crippen molar-refractivity contribution in [2.75, 3.05) is 6.54 Å². The molecule has 0 unspecified atom stereocenters. The molecule has 2 N–H and O–H groups in total. The van der Waals surface area contributed by atoms with Gasteiger partial charge in [0.1, 0.15) is 29.3 Å². The molecule has 3 aromatic rings. The standard InChI is InChI=1S/C19H15F3N4O/c20-13-3-1-12(2-4-13)16-8-17-19(27)24-10-18(26(17)25-16)23-9-11-5-14(21)7-15(22)6-11/h1-8,18,23H,9-10H2,(H,24,27)/t18-/m0/s1. The first kappa shape index (κ1) is 17.3. The number of hydrogen-bond acceptors (Lipinski definition) is 3. The molecule has 0 radical (unpaired) electrons. The molecular weight excluding hydrogens is 357 g/mol. The topological polar surface area (TPSA) is 59.0 Å². The van der Waals surface area contributed by atoms with E-state index in [9.17, 15) is 18.0 Å². The summed E-state index contributed by atoms with van der Waals surface area (Å²) in [7, 11) is 0. The maximum atomic E-state index is 13.3. The Kier molecular flexibility index (Phi) is 4.41. The van der Waals surface area contributed by atoms with Gasteiger partial charge in [0.2, 0.25) is 0 Å². The zero-order valence-corrected chi connectivity index (χ0v) is 14.0. The van der Waals surface area contributed by atoms with Crippen LogP contribution in [-0.2, 0) is 6.54 Å². The SMILES string of the molecule is O=C1NC[C@@H](NCc2cc(F)cc(F)c2)n2nc(-c3ccc(F)cc3)cc21. The molecule has 2 heterocycles. The first-order valence-electron chi connectivity index (χ1n) is 8.31. The molecule has 2 aromatic carbocycles. The number of carbonyl (C=O) groups excluding carboxylic acids is 1. The number of nitrogens with zero attached hydrogens (tertiary/aromatic N) is 2. The quantitative estimate of drug-likeness (QED) is 0.740. The Morgan fingerprint density at radius 3 is 2.44 bits per heavy atom. The average Bonchev–Trinajstić information content (AvgIpc) is 3.07. The predicted molar refractivity (Wildman–Crippen MR) is 92.2 cm³/mol. The third-order valence-corrected chi connectivity index (χ3v) is 4.32. The van der Waals surface area contributed by atoms with Crippen molar-refractivity contribution < 1.29 is 18.0 Å². The number of benzene rings is 2. The summed E-state index contributed by atoms with van der Waals surface area (Å²) >= 11 is 0. The number of carbonyl (C=O) groups is 1. The highest BCUT2D eigenvalue weighted by atomic mass is 19.1. The third kappa shape index (κ3) is 3.56. The van der Waals surface area contributed by atoms with Gasteiger partial charge in [-0.05, 0) is 48.0 Å². The maximum absolute atomic E-state index is 13.3. The highest BCUT2D eigenvalue weighted by molar-refractivity contribution is 5.94. The number of fused-ring (bicyclic) bond motifs is 1. The minimum Gasteiger partial charge on any atom is -0.347 e. The molecule has 1 aromatic heterocycles. The smallest absolute Gasteiger partial charge is 0.269 e. The van der Waals surface area contributed by atoms with Gasteiger partial charge in [0, 0.05) is 18.2 Å². The summed E-state index contributed by atoms with van der Waals surface area (Å²) in [4.78, 5) is 12.1. The zero-order valence-electron chi connectivity index (χ0n) is 14.0. The van der Waals surface area contributed by atoms with Gasteiger partial charge in [-0.2, -0.15) is 5.10 Å². The van der Waals surface area contributed by atoms with Crippen molar-refractivity contribution in [3.63, 3.8) is 0 Å². The summed E-state index contributed by atoms with van der Waals surface area (Å²) < 4.78 is 41.3. The van der Waals surface area contributed by atoms with E-state index in [1.165, 1.54) is 28.9 Å². The van der Waals surface area contributed by atoms with E-state index < -0.39 is 17.8 Å². The molecule has 138 valence electrons. The largest absolute Gasteiger partial charge is 0.347 e. The second-order valence-electron chi connectivity index (χ2n) is 6.25. The molecule has 8 heteroatoms. The highest BCUT2D eigenvalue weighted by Gasteiger charge is 2.27. The Labute approximate surface area is 152 Å². The van der Waals surface area contributed by atoms with Crippen molar-refractivity contribution in [1.82, 2.24) is 20.4 Å². The molecule has 27 heavy (non-hydrogen) atoms. The number of hydrogen-bond donors (Lipinski definition) is 2. The average molecular weight is 372 g/mol. The van der Waals surface area contributed by atoms with Gasteiger partial charge in [0.15, 0.2) is 0 Å². The number of aromatic nitrogens is 2. The lowest BCUT2D eigenvalue weighted by Crippen LogP contribution is -2.45. The van der Waals surface area contributed by atoms with Crippen LogP contribution in [0.2, 0.25) is 0 Å². The third-order valence-electron chi connectivity index (χ3n) is 4.32. The minimum absolute atomic E-state index is 0.195. The number of rotatable bonds is 4. The lowest BCUT2D eigenvalue weighted by Gasteiger charge is -2.25. The van der Waals surface area contributed by atoms with Crippen LogP contribution in [0.25, 0.3) is 11.3 Å². The van der Waals surface area contributed by atoms with E-state index in [-0.39, 0.29) is 24.8 Å². The fourth-order valence-corrected chi connectivity index (χ4v) is 3.04. The van der Waals surface area contributed by atoms with Gasteiger partial charge in [-0.25, -0.2) is 17.9 Å². The summed E-state index contributed by atoms with van der Waals surface area (Å²) in [5, 5.41) is 10.3. The van der Waals surface area contributed by atoms with Gasteiger partial charge in [-0.15, -0.1) is 0 Å². The van der Waals surface area contributed by atoms with Gasteiger partial charge in [0.25, 0.3) is 5.91 Å². The van der Waals surface area contributed by atoms with E-state index in [2.05, 4.69) is 15.7 Å². The second-order valence-corrected chi connectivity index (χ2v) is 6.25. The highest BCUT2D eigenvalue weighted by Crippen LogP contribution is 2.23. The number of nitrogens with one attached hydrogen (secondary N) is 2. The van der Waals surface area contributed by atoms with Crippen LogP contribution in [0.5, 0.6) is 0 Å². The normalized spacial score (nSPS) is 16.1. The minimum atomic E-state index is -0.651. The van der Waals surface area contributed by atoms with Crippen molar-refractivity contribution in [1.29, 1.82) is 0 Å². The monoisotopic (exact) mass is 372 g/mol. The van der Waals surface area contributed by atoms with Crippen LogP contribution in [0, 0.1) is 17.5 Å². The van der Waals surface area contributed by atoms with Crippen LogP contribution in [0.3, 0.4) is 0 Å². The van der Waals surface area contributed by atoms with Crippen molar-refractivity contribution in [3.05, 3.63) is 77.2 Å². The fraction of sp³-hybridized carbons (Fsp3) is 0.158. The zero-order chi connectivity index (χ0) is 19.0. The summed E-state index contributed by atoms with van der Waals surface area (Å²) in [5.74, 6) is -1.93. The van der Waals surface area contributed by atoms with Crippen molar-refractivity contribution >= 4 is 5.91 Å². The molecule has 0 fully saturated rings. The van der Waals surface area contributed by atoms with E-state index >= 15 is 0 Å². The van der Waals surface area contributed by atoms with Gasteiger partial charge >= 0.3 is 0 Å². The molecule has 5 nitrogen and oxygen atoms in total. The maximum Gasteiger partial charge on any atom is 0.269 e. The summed E-state index contributed by atoms with van der Waals surface area (Å²) in [6.45, 7) is 0.467. The molecule has 0 saturated heterocycles. The first-order valence-corrected chi connectivity index (χ1v) is 8.31. The van der Waals surface area contributed by atoms with Crippen LogP contribution >= 0.6 is 0 Å². The molecule has 1 amide bonds. The molecule has 0 aliphatic carbocycles. The molecule has 1 atom stereocenters.